The number of aromatic nitrogens is 1. The molecule has 0 saturated heterocycles. The summed E-state index contributed by atoms with van der Waals surface area (Å²) in [5.41, 5.74) is 16.2. The minimum absolute atomic E-state index is 0.0713. The molecule has 0 N–H and O–H groups in total. The number of aryl methyl sites for hydroxylation is 1. The molecule has 0 saturated carbocycles. The molecular formula is C46H36N2. The topological polar surface area (TPSA) is 8.17 Å². The number of hydrogen-bond acceptors (Lipinski definition) is 1. The molecule has 9 rings (SSSR count). The molecule has 1 aromatic heterocycles. The van der Waals surface area contributed by atoms with Gasteiger partial charge in [-0.1, -0.05) is 117 Å². The Morgan fingerprint density at radius 1 is 0.417 bits per heavy atom. The fraction of sp³-hybridized carbons (Fsp3) is 0.0870. The molecule has 0 fully saturated rings. The average molecular weight is 617 g/mol. The zero-order valence-corrected chi connectivity index (χ0v) is 27.5. The van der Waals surface area contributed by atoms with E-state index in [1.807, 2.05) is 0 Å². The number of rotatable bonds is 5. The van der Waals surface area contributed by atoms with Crippen LogP contribution in [0.3, 0.4) is 0 Å². The number of nitrogens with zero attached hydrogens (tertiary/aromatic N) is 2. The minimum atomic E-state index is -0.0713. The van der Waals surface area contributed by atoms with Crippen LogP contribution in [0.1, 0.15) is 25.0 Å². The summed E-state index contributed by atoms with van der Waals surface area (Å²) < 4.78 is 2.32. The van der Waals surface area contributed by atoms with Crippen LogP contribution in [0, 0.1) is 0 Å². The molecular weight excluding hydrogens is 581 g/mol. The number of hydrogen-bond donors (Lipinski definition) is 0. The van der Waals surface area contributed by atoms with Crippen molar-refractivity contribution in [1.82, 2.24) is 4.57 Å². The summed E-state index contributed by atoms with van der Waals surface area (Å²) in [4.78, 5) is 2.41. The molecule has 1 heterocycles. The van der Waals surface area contributed by atoms with Gasteiger partial charge < -0.3 is 9.47 Å². The molecule has 0 bridgehead atoms. The van der Waals surface area contributed by atoms with Gasteiger partial charge in [-0.15, -0.1) is 0 Å². The SMILES string of the molecule is Cn1c2ccc(-c3cccc(-c4ccccc4)c3)cc2c2cc(N(c3ccccc3)c3ccc4c(c3)C(C)(C)c3ccccc3-4)ccc21. The van der Waals surface area contributed by atoms with Gasteiger partial charge in [-0.3, -0.25) is 0 Å². The lowest BCUT2D eigenvalue weighted by molar-refractivity contribution is 0.660. The van der Waals surface area contributed by atoms with E-state index in [0.717, 1.165) is 11.4 Å². The monoisotopic (exact) mass is 616 g/mol. The van der Waals surface area contributed by atoms with Crippen molar-refractivity contribution in [3.63, 3.8) is 0 Å². The summed E-state index contributed by atoms with van der Waals surface area (Å²) in [5.74, 6) is 0. The highest BCUT2D eigenvalue weighted by molar-refractivity contribution is 6.10. The first-order valence-corrected chi connectivity index (χ1v) is 16.7. The third-order valence-electron chi connectivity index (χ3n) is 10.4. The maximum atomic E-state index is 2.41. The van der Waals surface area contributed by atoms with Gasteiger partial charge in [0.1, 0.15) is 0 Å². The molecule has 0 aliphatic heterocycles. The highest BCUT2D eigenvalue weighted by Gasteiger charge is 2.35. The van der Waals surface area contributed by atoms with Crippen LogP contribution in [0.25, 0.3) is 55.2 Å². The second-order valence-electron chi connectivity index (χ2n) is 13.5. The van der Waals surface area contributed by atoms with E-state index in [2.05, 4.69) is 194 Å². The van der Waals surface area contributed by atoms with Crippen molar-refractivity contribution in [3.05, 3.63) is 175 Å². The summed E-state index contributed by atoms with van der Waals surface area (Å²) in [7, 11) is 2.18. The van der Waals surface area contributed by atoms with Gasteiger partial charge in [-0.2, -0.15) is 0 Å². The number of benzene rings is 7. The molecule has 230 valence electrons. The lowest BCUT2D eigenvalue weighted by Crippen LogP contribution is -2.16. The van der Waals surface area contributed by atoms with Gasteiger partial charge in [-0.25, -0.2) is 0 Å². The number of anilines is 3. The first kappa shape index (κ1) is 28.4. The van der Waals surface area contributed by atoms with E-state index in [-0.39, 0.29) is 5.41 Å². The van der Waals surface area contributed by atoms with Crippen molar-refractivity contribution in [2.24, 2.45) is 7.05 Å². The van der Waals surface area contributed by atoms with Gasteiger partial charge in [0.05, 0.1) is 0 Å². The van der Waals surface area contributed by atoms with E-state index >= 15 is 0 Å². The third-order valence-corrected chi connectivity index (χ3v) is 10.4. The lowest BCUT2D eigenvalue weighted by atomic mass is 9.82. The van der Waals surface area contributed by atoms with E-state index in [4.69, 9.17) is 0 Å². The predicted octanol–water partition coefficient (Wildman–Crippen LogP) is 12.4. The van der Waals surface area contributed by atoms with Gasteiger partial charge in [0.25, 0.3) is 0 Å². The Balaban J connectivity index is 1.20. The van der Waals surface area contributed by atoms with Crippen LogP contribution in [0.4, 0.5) is 17.1 Å². The van der Waals surface area contributed by atoms with Gasteiger partial charge in [0.15, 0.2) is 0 Å². The van der Waals surface area contributed by atoms with Crippen molar-refractivity contribution >= 4 is 38.9 Å². The predicted molar refractivity (Wildman–Crippen MR) is 204 cm³/mol. The Bertz CT molecular complexity index is 2480. The summed E-state index contributed by atoms with van der Waals surface area (Å²) in [6.45, 7) is 4.70. The van der Waals surface area contributed by atoms with Crippen LogP contribution in [0.5, 0.6) is 0 Å². The molecule has 1 aliphatic carbocycles. The fourth-order valence-electron chi connectivity index (χ4n) is 7.89. The molecule has 48 heavy (non-hydrogen) atoms. The first-order valence-electron chi connectivity index (χ1n) is 16.7. The quantitative estimate of drug-likeness (QED) is 0.187. The van der Waals surface area contributed by atoms with E-state index in [1.54, 1.807) is 0 Å². The zero-order chi connectivity index (χ0) is 32.4. The molecule has 1 aliphatic rings. The number of para-hydroxylation sites is 1. The summed E-state index contributed by atoms with van der Waals surface area (Å²) in [5, 5.41) is 2.51. The Hall–Kier alpha value is -5.86. The van der Waals surface area contributed by atoms with Gasteiger partial charge in [0.2, 0.25) is 0 Å². The van der Waals surface area contributed by atoms with Crippen molar-refractivity contribution in [2.75, 3.05) is 4.90 Å². The van der Waals surface area contributed by atoms with Gasteiger partial charge in [0, 0.05) is 51.3 Å². The molecule has 0 radical (unpaired) electrons. The van der Waals surface area contributed by atoms with Crippen molar-refractivity contribution < 1.29 is 0 Å². The van der Waals surface area contributed by atoms with Crippen LogP contribution in [0.15, 0.2) is 164 Å². The van der Waals surface area contributed by atoms with E-state index in [9.17, 15) is 0 Å². The first-order chi connectivity index (χ1) is 23.5. The lowest BCUT2D eigenvalue weighted by Gasteiger charge is -2.28. The largest absolute Gasteiger partial charge is 0.344 e. The van der Waals surface area contributed by atoms with E-state index in [1.165, 1.54) is 72.0 Å². The Morgan fingerprint density at radius 3 is 1.77 bits per heavy atom. The second-order valence-corrected chi connectivity index (χ2v) is 13.5. The van der Waals surface area contributed by atoms with E-state index in [0.29, 0.717) is 0 Å². The Kier molecular flexibility index (Phi) is 6.42. The third kappa shape index (κ3) is 4.41. The highest BCUT2D eigenvalue weighted by atomic mass is 15.1. The minimum Gasteiger partial charge on any atom is -0.344 e. The Morgan fingerprint density at radius 2 is 0.979 bits per heavy atom. The Labute approximate surface area is 282 Å². The molecule has 0 amide bonds. The normalized spacial score (nSPS) is 13.1. The summed E-state index contributed by atoms with van der Waals surface area (Å²) in [6.07, 6.45) is 0. The highest BCUT2D eigenvalue weighted by Crippen LogP contribution is 2.50. The molecule has 0 atom stereocenters. The summed E-state index contributed by atoms with van der Waals surface area (Å²) >= 11 is 0. The molecule has 7 aromatic carbocycles. The second kappa shape index (κ2) is 10.9. The standard InChI is InChI=1S/C46H36N2/c1-46(2)42-20-11-10-19-38(42)39-24-22-37(30-43(39)46)48(35-17-8-5-9-18-35)36-23-26-45-41(29-36)40-28-34(21-25-44(40)47(45)3)33-16-12-15-32(27-33)31-13-6-4-7-14-31/h4-30H,1-3H3. The molecule has 0 spiro atoms. The van der Waals surface area contributed by atoms with Crippen molar-refractivity contribution in [2.45, 2.75) is 19.3 Å². The van der Waals surface area contributed by atoms with Gasteiger partial charge in [-0.05, 0) is 105 Å². The van der Waals surface area contributed by atoms with Crippen LogP contribution in [0.2, 0.25) is 0 Å². The smallest absolute Gasteiger partial charge is 0.0490 e. The van der Waals surface area contributed by atoms with E-state index < -0.39 is 0 Å². The number of fused-ring (bicyclic) bond motifs is 6. The van der Waals surface area contributed by atoms with Gasteiger partial charge >= 0.3 is 0 Å². The maximum Gasteiger partial charge on any atom is 0.0490 e. The molecule has 2 heteroatoms. The van der Waals surface area contributed by atoms with Crippen molar-refractivity contribution in [3.8, 4) is 33.4 Å². The maximum absolute atomic E-state index is 2.41. The average Bonchev–Trinajstić information content (AvgIpc) is 3.55. The van der Waals surface area contributed by atoms with Crippen LogP contribution in [-0.4, -0.2) is 4.57 Å². The molecule has 8 aromatic rings. The van der Waals surface area contributed by atoms with Crippen LogP contribution in [-0.2, 0) is 12.5 Å². The van der Waals surface area contributed by atoms with Crippen LogP contribution >= 0.6 is 0 Å². The fourth-order valence-corrected chi connectivity index (χ4v) is 7.89. The van der Waals surface area contributed by atoms with Crippen LogP contribution < -0.4 is 4.90 Å². The van der Waals surface area contributed by atoms with Crippen molar-refractivity contribution in [1.29, 1.82) is 0 Å². The summed E-state index contributed by atoms with van der Waals surface area (Å²) in [6, 6.07) is 60.0. The molecule has 0 unspecified atom stereocenters. The zero-order valence-electron chi connectivity index (χ0n) is 27.5. The molecule has 2 nitrogen and oxygen atoms in total.